The zero-order valence-corrected chi connectivity index (χ0v) is 20.5. The number of guanidine groups is 1. The van der Waals surface area contributed by atoms with Crippen molar-refractivity contribution in [3.63, 3.8) is 0 Å². The van der Waals surface area contributed by atoms with Crippen LogP contribution in [0.4, 0.5) is 0 Å². The number of benzene rings is 1. The molecule has 0 bridgehead atoms. The molecule has 1 unspecified atom stereocenters. The van der Waals surface area contributed by atoms with E-state index in [1.807, 2.05) is 4.90 Å². The van der Waals surface area contributed by atoms with Gasteiger partial charge in [0.05, 0.1) is 10.6 Å². The maximum absolute atomic E-state index is 12.4. The highest BCUT2D eigenvalue weighted by atomic mass is 127. The minimum absolute atomic E-state index is 0. The zero-order valence-electron chi connectivity index (χ0n) is 17.3. The molecule has 1 aromatic rings. The maximum atomic E-state index is 12.4. The Hall–Kier alpha value is -1.40. The van der Waals surface area contributed by atoms with E-state index in [4.69, 9.17) is 4.74 Å². The van der Waals surface area contributed by atoms with Crippen LogP contribution in [0.2, 0.25) is 0 Å². The number of ether oxygens (including phenoxy) is 1. The first kappa shape index (κ1) is 24.9. The minimum Gasteiger partial charge on any atom is -0.368 e. The van der Waals surface area contributed by atoms with Crippen molar-refractivity contribution in [3.8, 4) is 0 Å². The molecule has 0 spiro atoms. The summed E-state index contributed by atoms with van der Waals surface area (Å²) in [7, 11) is -1.55. The summed E-state index contributed by atoms with van der Waals surface area (Å²) in [5.74, 6) is 0.924. The maximum Gasteiger partial charge on any atom is 0.251 e. The van der Waals surface area contributed by atoms with Gasteiger partial charge in [-0.2, -0.15) is 0 Å². The number of aliphatic imine (C=N–C) groups is 1. The zero-order chi connectivity index (χ0) is 20.7. The summed E-state index contributed by atoms with van der Waals surface area (Å²) < 4.78 is 30.2. The summed E-state index contributed by atoms with van der Waals surface area (Å²) >= 11 is 0. The Labute approximate surface area is 196 Å². The molecule has 1 N–H and O–H groups in total. The SMILES string of the molecule is CN=C(NCCCS(=O)(=O)c1ccccc1)N1CCN(C(=O)C2CCCO2)CC1.I. The van der Waals surface area contributed by atoms with E-state index in [9.17, 15) is 13.2 Å². The minimum atomic E-state index is -3.26. The molecule has 2 aliphatic rings. The Balaban J connectivity index is 0.00000320. The molecule has 30 heavy (non-hydrogen) atoms. The first-order chi connectivity index (χ1) is 14.0. The van der Waals surface area contributed by atoms with E-state index in [0.29, 0.717) is 50.6 Å². The first-order valence-corrected chi connectivity index (χ1v) is 11.8. The number of carbonyl (C=O) groups excluding carboxylic acids is 1. The van der Waals surface area contributed by atoms with E-state index in [0.717, 1.165) is 18.8 Å². The lowest BCUT2D eigenvalue weighted by Crippen LogP contribution is -2.55. The molecule has 1 atom stereocenters. The number of piperazine rings is 1. The molecule has 0 radical (unpaired) electrons. The Morgan fingerprint density at radius 3 is 2.43 bits per heavy atom. The van der Waals surface area contributed by atoms with Crippen LogP contribution in [-0.2, 0) is 19.4 Å². The highest BCUT2D eigenvalue weighted by Gasteiger charge is 2.30. The van der Waals surface area contributed by atoms with Crippen molar-refractivity contribution in [2.24, 2.45) is 4.99 Å². The number of amides is 1. The van der Waals surface area contributed by atoms with Crippen LogP contribution < -0.4 is 5.32 Å². The standard InChI is InChI=1S/C20H30N4O4S.HI/c1-21-20(22-10-6-16-29(26,27)17-7-3-2-4-8-17)24-13-11-23(12-14-24)19(25)18-9-5-15-28-18;/h2-4,7-8,18H,5-6,9-16H2,1H3,(H,21,22);1H. The lowest BCUT2D eigenvalue weighted by molar-refractivity contribution is -0.142. The van der Waals surface area contributed by atoms with E-state index < -0.39 is 9.84 Å². The van der Waals surface area contributed by atoms with Gasteiger partial charge in [0, 0.05) is 46.4 Å². The molecule has 1 aromatic carbocycles. The van der Waals surface area contributed by atoms with Crippen LogP contribution in [0.3, 0.4) is 0 Å². The van der Waals surface area contributed by atoms with Gasteiger partial charge in [-0.05, 0) is 31.4 Å². The van der Waals surface area contributed by atoms with Crippen molar-refractivity contribution < 1.29 is 17.9 Å². The molecule has 2 fully saturated rings. The predicted octanol–water partition coefficient (Wildman–Crippen LogP) is 1.37. The van der Waals surface area contributed by atoms with E-state index >= 15 is 0 Å². The number of rotatable bonds is 6. The van der Waals surface area contributed by atoms with Gasteiger partial charge in [-0.3, -0.25) is 9.79 Å². The molecule has 1 amide bonds. The average molecular weight is 550 g/mol. The summed E-state index contributed by atoms with van der Waals surface area (Å²) in [6.45, 7) is 3.87. The number of nitrogens with one attached hydrogen (secondary N) is 1. The van der Waals surface area contributed by atoms with Crippen molar-refractivity contribution in [2.45, 2.75) is 30.3 Å². The molecule has 2 aliphatic heterocycles. The summed E-state index contributed by atoms with van der Waals surface area (Å²) in [6, 6.07) is 8.52. The fraction of sp³-hybridized carbons (Fsp3) is 0.600. The van der Waals surface area contributed by atoms with Crippen LogP contribution in [0, 0.1) is 0 Å². The van der Waals surface area contributed by atoms with Gasteiger partial charge >= 0.3 is 0 Å². The van der Waals surface area contributed by atoms with Crippen LogP contribution in [0.5, 0.6) is 0 Å². The third-order valence-corrected chi connectivity index (χ3v) is 7.10. The van der Waals surface area contributed by atoms with Crippen LogP contribution in [-0.4, -0.2) is 88.3 Å². The largest absolute Gasteiger partial charge is 0.368 e. The number of halogens is 1. The Bertz CT molecular complexity index is 805. The van der Waals surface area contributed by atoms with Crippen molar-refractivity contribution in [2.75, 3.05) is 52.1 Å². The molecule has 2 saturated heterocycles. The van der Waals surface area contributed by atoms with Gasteiger partial charge in [0.15, 0.2) is 15.8 Å². The third kappa shape index (κ3) is 6.55. The number of hydrogen-bond acceptors (Lipinski definition) is 5. The summed E-state index contributed by atoms with van der Waals surface area (Å²) in [4.78, 5) is 21.1. The summed E-state index contributed by atoms with van der Waals surface area (Å²) in [5, 5.41) is 3.25. The summed E-state index contributed by atoms with van der Waals surface area (Å²) in [5.41, 5.74) is 0. The van der Waals surface area contributed by atoms with Gasteiger partial charge in [-0.15, -0.1) is 24.0 Å². The molecule has 0 saturated carbocycles. The van der Waals surface area contributed by atoms with Crippen LogP contribution in [0.1, 0.15) is 19.3 Å². The van der Waals surface area contributed by atoms with Crippen LogP contribution in [0.15, 0.2) is 40.2 Å². The molecule has 8 nitrogen and oxygen atoms in total. The van der Waals surface area contributed by atoms with Crippen molar-refractivity contribution in [1.82, 2.24) is 15.1 Å². The normalized spacial score (nSPS) is 20.0. The van der Waals surface area contributed by atoms with Crippen LogP contribution >= 0.6 is 24.0 Å². The Morgan fingerprint density at radius 2 is 1.83 bits per heavy atom. The van der Waals surface area contributed by atoms with E-state index in [1.54, 1.807) is 37.4 Å². The van der Waals surface area contributed by atoms with E-state index in [2.05, 4.69) is 15.2 Å². The second-order valence-electron chi connectivity index (χ2n) is 7.27. The molecular weight excluding hydrogens is 519 g/mol. The molecule has 168 valence electrons. The fourth-order valence-corrected chi connectivity index (χ4v) is 4.99. The number of carbonyl (C=O) groups is 1. The average Bonchev–Trinajstić information content (AvgIpc) is 3.29. The Morgan fingerprint density at radius 1 is 1.17 bits per heavy atom. The number of sulfone groups is 1. The monoisotopic (exact) mass is 550 g/mol. The van der Waals surface area contributed by atoms with E-state index in [1.165, 1.54) is 0 Å². The summed E-state index contributed by atoms with van der Waals surface area (Å²) in [6.07, 6.45) is 1.99. The quantitative estimate of drug-likeness (QED) is 0.249. The Kier molecular flexibility index (Phi) is 9.82. The second-order valence-corrected chi connectivity index (χ2v) is 9.38. The van der Waals surface area contributed by atoms with Crippen molar-refractivity contribution >= 4 is 45.7 Å². The second kappa shape index (κ2) is 11.8. The predicted molar refractivity (Wildman–Crippen MR) is 127 cm³/mol. The van der Waals surface area contributed by atoms with Gasteiger partial charge in [0.25, 0.3) is 5.91 Å². The van der Waals surface area contributed by atoms with Gasteiger partial charge < -0.3 is 19.9 Å². The van der Waals surface area contributed by atoms with Gasteiger partial charge in [0.2, 0.25) is 0 Å². The highest BCUT2D eigenvalue weighted by Crippen LogP contribution is 2.16. The van der Waals surface area contributed by atoms with Gasteiger partial charge in [-0.1, -0.05) is 18.2 Å². The molecule has 0 aliphatic carbocycles. The number of hydrogen-bond donors (Lipinski definition) is 1. The van der Waals surface area contributed by atoms with Crippen molar-refractivity contribution in [3.05, 3.63) is 30.3 Å². The molecule has 2 heterocycles. The van der Waals surface area contributed by atoms with Crippen LogP contribution in [0.25, 0.3) is 0 Å². The third-order valence-electron chi connectivity index (χ3n) is 5.28. The molecule has 10 heteroatoms. The smallest absolute Gasteiger partial charge is 0.251 e. The lowest BCUT2D eigenvalue weighted by atomic mass is 10.2. The first-order valence-electron chi connectivity index (χ1n) is 10.1. The molecule has 3 rings (SSSR count). The molecule has 0 aromatic heterocycles. The fourth-order valence-electron chi connectivity index (χ4n) is 3.66. The number of nitrogens with zero attached hydrogens (tertiary/aromatic N) is 3. The van der Waals surface area contributed by atoms with Crippen molar-refractivity contribution in [1.29, 1.82) is 0 Å². The van der Waals surface area contributed by atoms with E-state index in [-0.39, 0.29) is 41.7 Å². The van der Waals surface area contributed by atoms with Gasteiger partial charge in [0.1, 0.15) is 6.10 Å². The molecular formula is C20H31IN4O4S. The lowest BCUT2D eigenvalue weighted by Gasteiger charge is -2.37. The topological polar surface area (TPSA) is 91.3 Å². The van der Waals surface area contributed by atoms with Gasteiger partial charge in [-0.25, -0.2) is 8.42 Å². The highest BCUT2D eigenvalue weighted by molar-refractivity contribution is 14.0.